The van der Waals surface area contributed by atoms with Crippen molar-refractivity contribution in [1.82, 2.24) is 10.3 Å². The normalized spacial score (nSPS) is 11.5. The van der Waals surface area contributed by atoms with Crippen LogP contribution in [0.15, 0.2) is 67.0 Å². The van der Waals surface area contributed by atoms with E-state index in [9.17, 15) is 4.79 Å². The number of nitrogens with zero attached hydrogens (tertiary/aromatic N) is 1. The van der Waals surface area contributed by atoms with Crippen LogP contribution in [0.2, 0.25) is 0 Å². The maximum absolute atomic E-state index is 12.8. The van der Waals surface area contributed by atoms with Crippen molar-refractivity contribution < 1.29 is 14.3 Å². The summed E-state index contributed by atoms with van der Waals surface area (Å²) in [6, 6.07) is 16.9. The maximum atomic E-state index is 12.8. The number of carbonyl (C=O) groups excluding carboxylic acids is 1. The van der Waals surface area contributed by atoms with Crippen molar-refractivity contribution in [1.29, 1.82) is 0 Å². The molecule has 1 heterocycles. The molecule has 1 amide bonds. The van der Waals surface area contributed by atoms with Crippen molar-refractivity contribution in [2.45, 2.75) is 13.0 Å². The number of nitrogens with one attached hydrogen (secondary N) is 1. The molecule has 0 aliphatic heterocycles. The Morgan fingerprint density at radius 1 is 0.926 bits per heavy atom. The Balaban J connectivity index is 1.79. The first-order chi connectivity index (χ1) is 13.1. The van der Waals surface area contributed by atoms with Gasteiger partial charge < -0.3 is 14.8 Å². The Hall–Kier alpha value is -3.34. The molecule has 0 fully saturated rings. The highest BCUT2D eigenvalue weighted by Crippen LogP contribution is 2.27. The summed E-state index contributed by atoms with van der Waals surface area (Å²) in [4.78, 5) is 16.8. The van der Waals surface area contributed by atoms with Gasteiger partial charge in [-0.2, -0.15) is 0 Å². The molecule has 1 atom stereocenters. The second-order valence-corrected chi connectivity index (χ2v) is 6.12. The fraction of sp³-hybridized carbons (Fsp3) is 0.182. The number of rotatable bonds is 6. The molecule has 1 aromatic heterocycles. The monoisotopic (exact) mass is 362 g/mol. The Morgan fingerprint density at radius 2 is 1.63 bits per heavy atom. The van der Waals surface area contributed by atoms with Gasteiger partial charge in [0.25, 0.3) is 5.91 Å². The van der Waals surface area contributed by atoms with Crippen LogP contribution in [0.4, 0.5) is 0 Å². The van der Waals surface area contributed by atoms with Gasteiger partial charge in [-0.15, -0.1) is 0 Å². The van der Waals surface area contributed by atoms with Crippen molar-refractivity contribution in [2.75, 3.05) is 14.2 Å². The highest BCUT2D eigenvalue weighted by molar-refractivity contribution is 5.97. The number of hydrogen-bond donors (Lipinski definition) is 1. The lowest BCUT2D eigenvalue weighted by molar-refractivity contribution is 0.0937. The van der Waals surface area contributed by atoms with Crippen LogP contribution in [0, 0.1) is 0 Å². The number of benzene rings is 2. The van der Waals surface area contributed by atoms with Crippen molar-refractivity contribution >= 4 is 5.91 Å². The third-order valence-electron chi connectivity index (χ3n) is 4.42. The van der Waals surface area contributed by atoms with Gasteiger partial charge >= 0.3 is 0 Å². The minimum Gasteiger partial charge on any atom is -0.497 e. The average molecular weight is 362 g/mol. The van der Waals surface area contributed by atoms with E-state index < -0.39 is 0 Å². The molecule has 3 rings (SSSR count). The summed E-state index contributed by atoms with van der Waals surface area (Å²) in [6.07, 6.45) is 3.47. The van der Waals surface area contributed by atoms with E-state index in [0.29, 0.717) is 11.3 Å². The van der Waals surface area contributed by atoms with E-state index in [0.717, 1.165) is 22.4 Å². The summed E-state index contributed by atoms with van der Waals surface area (Å²) < 4.78 is 10.6. The van der Waals surface area contributed by atoms with E-state index >= 15 is 0 Å². The van der Waals surface area contributed by atoms with Gasteiger partial charge in [0.1, 0.15) is 11.5 Å². The zero-order valence-corrected chi connectivity index (χ0v) is 15.6. The predicted octanol–water partition coefficient (Wildman–Crippen LogP) is 4.26. The molecule has 1 N–H and O–H groups in total. The van der Waals surface area contributed by atoms with Crippen LogP contribution >= 0.6 is 0 Å². The number of hydrogen-bond acceptors (Lipinski definition) is 4. The van der Waals surface area contributed by atoms with E-state index in [1.54, 1.807) is 32.7 Å². The molecule has 0 saturated heterocycles. The van der Waals surface area contributed by atoms with E-state index in [1.165, 1.54) is 0 Å². The molecule has 27 heavy (non-hydrogen) atoms. The van der Waals surface area contributed by atoms with Crippen LogP contribution in [0.5, 0.6) is 11.5 Å². The molecule has 0 spiro atoms. The maximum Gasteiger partial charge on any atom is 0.255 e. The molecule has 138 valence electrons. The van der Waals surface area contributed by atoms with E-state index in [1.807, 2.05) is 55.5 Å². The molecule has 0 saturated carbocycles. The molecule has 0 unspecified atom stereocenters. The lowest BCUT2D eigenvalue weighted by atomic mass is 10.0. The molecule has 5 heteroatoms. The van der Waals surface area contributed by atoms with Crippen LogP contribution < -0.4 is 14.8 Å². The minimum atomic E-state index is -0.184. The van der Waals surface area contributed by atoms with Crippen LogP contribution in [-0.4, -0.2) is 25.1 Å². The Labute approximate surface area is 159 Å². The third-order valence-corrected chi connectivity index (χ3v) is 4.42. The number of pyridine rings is 1. The van der Waals surface area contributed by atoms with Crippen molar-refractivity contribution in [3.05, 3.63) is 78.1 Å². The lowest BCUT2D eigenvalue weighted by Crippen LogP contribution is -2.27. The number of carbonyl (C=O) groups is 1. The number of ether oxygens (including phenoxy) is 2. The van der Waals surface area contributed by atoms with E-state index in [4.69, 9.17) is 9.47 Å². The fourth-order valence-electron chi connectivity index (χ4n) is 2.85. The summed E-state index contributed by atoms with van der Waals surface area (Å²) in [6.45, 7) is 1.94. The van der Waals surface area contributed by atoms with Gasteiger partial charge in [0.05, 0.1) is 25.8 Å². The Morgan fingerprint density at radius 3 is 2.26 bits per heavy atom. The summed E-state index contributed by atoms with van der Waals surface area (Å²) in [5.74, 6) is 1.13. The van der Waals surface area contributed by atoms with Gasteiger partial charge in [0.15, 0.2) is 0 Å². The number of amides is 1. The van der Waals surface area contributed by atoms with Gasteiger partial charge in [-0.05, 0) is 60.0 Å². The van der Waals surface area contributed by atoms with Crippen LogP contribution in [-0.2, 0) is 0 Å². The Bertz CT molecular complexity index is 909. The van der Waals surface area contributed by atoms with E-state index in [-0.39, 0.29) is 11.9 Å². The first kappa shape index (κ1) is 18.5. The first-order valence-corrected chi connectivity index (χ1v) is 8.65. The number of methoxy groups -OCH3 is 2. The van der Waals surface area contributed by atoms with Crippen molar-refractivity contribution in [2.24, 2.45) is 0 Å². The summed E-state index contributed by atoms with van der Waals surface area (Å²) in [5, 5.41) is 3.01. The molecular formula is C22H22N2O3. The lowest BCUT2D eigenvalue weighted by Gasteiger charge is -2.16. The molecule has 3 aromatic rings. The smallest absolute Gasteiger partial charge is 0.255 e. The van der Waals surface area contributed by atoms with Crippen LogP contribution in [0.1, 0.15) is 28.9 Å². The fourth-order valence-corrected chi connectivity index (χ4v) is 2.85. The molecule has 0 aliphatic rings. The predicted molar refractivity (Wildman–Crippen MR) is 105 cm³/mol. The quantitative estimate of drug-likeness (QED) is 0.712. The van der Waals surface area contributed by atoms with Gasteiger partial charge in [0, 0.05) is 12.4 Å². The molecule has 2 aromatic carbocycles. The summed E-state index contributed by atoms with van der Waals surface area (Å²) in [5.41, 5.74) is 3.48. The standard InChI is InChI=1S/C22H22N2O3/c1-15(16-4-7-19(26-2)8-5-16)24-22(25)20-9-6-18(14-21(20)27-3)17-10-12-23-13-11-17/h4-15H,1-3H3,(H,24,25)/t15-/m1/s1. The minimum absolute atomic E-state index is 0.145. The van der Waals surface area contributed by atoms with Gasteiger partial charge in [-0.25, -0.2) is 0 Å². The average Bonchev–Trinajstić information content (AvgIpc) is 2.73. The van der Waals surface area contributed by atoms with Gasteiger partial charge in [0.2, 0.25) is 0 Å². The van der Waals surface area contributed by atoms with E-state index in [2.05, 4.69) is 10.3 Å². The highest BCUT2D eigenvalue weighted by atomic mass is 16.5. The topological polar surface area (TPSA) is 60.5 Å². The molecule has 5 nitrogen and oxygen atoms in total. The SMILES string of the molecule is COc1ccc([C@@H](C)NC(=O)c2ccc(-c3ccncc3)cc2OC)cc1. The Kier molecular flexibility index (Phi) is 5.71. The van der Waals surface area contributed by atoms with Crippen molar-refractivity contribution in [3.63, 3.8) is 0 Å². The molecule has 0 bridgehead atoms. The van der Waals surface area contributed by atoms with Crippen molar-refractivity contribution in [3.8, 4) is 22.6 Å². The molecule has 0 radical (unpaired) electrons. The van der Waals surface area contributed by atoms with Crippen LogP contribution in [0.3, 0.4) is 0 Å². The summed E-state index contributed by atoms with van der Waals surface area (Å²) in [7, 11) is 3.19. The molecule has 0 aliphatic carbocycles. The van der Waals surface area contributed by atoms with Gasteiger partial charge in [-0.3, -0.25) is 9.78 Å². The largest absolute Gasteiger partial charge is 0.497 e. The highest BCUT2D eigenvalue weighted by Gasteiger charge is 2.16. The zero-order chi connectivity index (χ0) is 19.2. The second-order valence-electron chi connectivity index (χ2n) is 6.12. The van der Waals surface area contributed by atoms with Gasteiger partial charge in [-0.1, -0.05) is 18.2 Å². The zero-order valence-electron chi connectivity index (χ0n) is 15.6. The molecular weight excluding hydrogens is 340 g/mol. The second kappa shape index (κ2) is 8.36. The summed E-state index contributed by atoms with van der Waals surface area (Å²) >= 11 is 0. The van der Waals surface area contributed by atoms with Crippen LogP contribution in [0.25, 0.3) is 11.1 Å². The first-order valence-electron chi connectivity index (χ1n) is 8.65. The third kappa shape index (κ3) is 4.26. The number of aromatic nitrogens is 1.